The minimum Gasteiger partial charge on any atom is -0.352 e. The first-order valence-corrected chi connectivity index (χ1v) is 7.53. The standard InChI is InChI=1S/C10H16ClNO3S/c11-6-2-3-7-12-10(13)9-5-1-4-8-16(9,14)15/h2-3,9H,1,4-8H2,(H,12,13)/b3-2+. The normalized spacial score (nSPS) is 24.4. The van der Waals surface area contributed by atoms with Crippen molar-refractivity contribution >= 4 is 27.3 Å². The lowest BCUT2D eigenvalue weighted by Gasteiger charge is -2.20. The topological polar surface area (TPSA) is 63.2 Å². The summed E-state index contributed by atoms with van der Waals surface area (Å²) in [7, 11) is -3.23. The van der Waals surface area contributed by atoms with E-state index in [9.17, 15) is 13.2 Å². The summed E-state index contributed by atoms with van der Waals surface area (Å²) in [6.45, 7) is 0.331. The molecule has 0 aliphatic carbocycles. The summed E-state index contributed by atoms with van der Waals surface area (Å²) in [6, 6.07) is 0. The molecule has 0 aromatic heterocycles. The highest BCUT2D eigenvalue weighted by molar-refractivity contribution is 7.92. The Kier molecular flexibility index (Phi) is 5.28. The van der Waals surface area contributed by atoms with Gasteiger partial charge in [0.2, 0.25) is 5.91 Å². The molecule has 1 N–H and O–H groups in total. The Morgan fingerprint density at radius 3 is 2.75 bits per heavy atom. The quantitative estimate of drug-likeness (QED) is 0.606. The molecule has 92 valence electrons. The van der Waals surface area contributed by atoms with E-state index in [1.54, 1.807) is 12.2 Å². The summed E-state index contributed by atoms with van der Waals surface area (Å²) in [5.41, 5.74) is 0. The predicted molar refractivity (Wildman–Crippen MR) is 64.3 cm³/mol. The Morgan fingerprint density at radius 2 is 2.12 bits per heavy atom. The smallest absolute Gasteiger partial charge is 0.238 e. The van der Waals surface area contributed by atoms with Gasteiger partial charge in [-0.2, -0.15) is 0 Å². The van der Waals surface area contributed by atoms with Crippen molar-refractivity contribution in [1.29, 1.82) is 0 Å². The maximum absolute atomic E-state index is 11.6. The fourth-order valence-corrected chi connectivity index (χ4v) is 3.62. The van der Waals surface area contributed by atoms with E-state index in [0.29, 0.717) is 25.3 Å². The van der Waals surface area contributed by atoms with E-state index in [2.05, 4.69) is 5.32 Å². The fourth-order valence-electron chi connectivity index (χ4n) is 1.67. The number of amides is 1. The van der Waals surface area contributed by atoms with Gasteiger partial charge in [-0.1, -0.05) is 18.6 Å². The lowest BCUT2D eigenvalue weighted by atomic mass is 10.2. The number of carbonyl (C=O) groups excluding carboxylic acids is 1. The maximum atomic E-state index is 11.6. The van der Waals surface area contributed by atoms with Crippen molar-refractivity contribution in [3.05, 3.63) is 12.2 Å². The van der Waals surface area contributed by atoms with E-state index in [-0.39, 0.29) is 11.7 Å². The summed E-state index contributed by atoms with van der Waals surface area (Å²) in [4.78, 5) is 11.6. The van der Waals surface area contributed by atoms with Gasteiger partial charge < -0.3 is 5.32 Å². The Labute approximate surface area is 101 Å². The van der Waals surface area contributed by atoms with Crippen LogP contribution >= 0.6 is 11.6 Å². The molecule has 1 unspecified atom stereocenters. The first-order chi connectivity index (χ1) is 7.58. The molecular formula is C10H16ClNO3S. The van der Waals surface area contributed by atoms with Gasteiger partial charge in [0.05, 0.1) is 5.75 Å². The van der Waals surface area contributed by atoms with Crippen LogP contribution in [0.3, 0.4) is 0 Å². The van der Waals surface area contributed by atoms with Crippen LogP contribution in [-0.2, 0) is 14.6 Å². The lowest BCUT2D eigenvalue weighted by Crippen LogP contribution is -2.42. The number of allylic oxidation sites excluding steroid dienone is 1. The number of halogens is 1. The molecule has 1 saturated heterocycles. The minimum atomic E-state index is -3.23. The van der Waals surface area contributed by atoms with Crippen LogP contribution in [0.15, 0.2) is 12.2 Å². The van der Waals surface area contributed by atoms with Crippen molar-refractivity contribution in [1.82, 2.24) is 5.32 Å². The number of alkyl halides is 1. The summed E-state index contributed by atoms with van der Waals surface area (Å²) < 4.78 is 23.2. The van der Waals surface area contributed by atoms with E-state index in [1.165, 1.54) is 0 Å². The van der Waals surface area contributed by atoms with Crippen LogP contribution < -0.4 is 5.32 Å². The molecule has 0 saturated carbocycles. The van der Waals surface area contributed by atoms with Gasteiger partial charge in [-0.25, -0.2) is 8.42 Å². The molecule has 1 rings (SSSR count). The van der Waals surface area contributed by atoms with E-state index >= 15 is 0 Å². The number of hydrogen-bond donors (Lipinski definition) is 1. The zero-order valence-electron chi connectivity index (χ0n) is 8.99. The highest BCUT2D eigenvalue weighted by Gasteiger charge is 2.34. The molecule has 0 aromatic rings. The van der Waals surface area contributed by atoms with E-state index in [1.807, 2.05) is 0 Å². The van der Waals surface area contributed by atoms with E-state index in [4.69, 9.17) is 11.6 Å². The molecule has 1 atom stereocenters. The molecule has 0 aromatic carbocycles. The third-order valence-electron chi connectivity index (χ3n) is 2.52. The van der Waals surface area contributed by atoms with Crippen LogP contribution in [0.25, 0.3) is 0 Å². The van der Waals surface area contributed by atoms with Crippen molar-refractivity contribution in [2.45, 2.75) is 24.5 Å². The molecule has 1 aliphatic heterocycles. The maximum Gasteiger partial charge on any atom is 0.238 e. The average Bonchev–Trinajstić information content (AvgIpc) is 2.23. The molecule has 6 heteroatoms. The molecular weight excluding hydrogens is 250 g/mol. The lowest BCUT2D eigenvalue weighted by molar-refractivity contribution is -0.120. The Bertz CT molecular complexity index is 364. The average molecular weight is 266 g/mol. The Hall–Kier alpha value is -0.550. The second-order valence-electron chi connectivity index (χ2n) is 3.72. The van der Waals surface area contributed by atoms with Gasteiger partial charge in [0.1, 0.15) is 5.25 Å². The molecule has 0 spiro atoms. The molecule has 0 bridgehead atoms. The summed E-state index contributed by atoms with van der Waals surface area (Å²) in [5.74, 6) is 0.124. The molecule has 1 fully saturated rings. The molecule has 1 heterocycles. The monoisotopic (exact) mass is 265 g/mol. The molecule has 1 amide bonds. The zero-order valence-corrected chi connectivity index (χ0v) is 10.6. The number of sulfone groups is 1. The minimum absolute atomic E-state index is 0.128. The van der Waals surface area contributed by atoms with Crippen molar-refractivity contribution in [2.24, 2.45) is 0 Å². The zero-order chi connectivity index (χ0) is 12.0. The van der Waals surface area contributed by atoms with Gasteiger partial charge in [0.15, 0.2) is 9.84 Å². The van der Waals surface area contributed by atoms with Crippen LogP contribution in [-0.4, -0.2) is 37.8 Å². The summed E-state index contributed by atoms with van der Waals surface area (Å²) in [5, 5.41) is 1.72. The summed E-state index contributed by atoms with van der Waals surface area (Å²) >= 11 is 5.42. The molecule has 16 heavy (non-hydrogen) atoms. The number of hydrogen-bond acceptors (Lipinski definition) is 3. The number of rotatable bonds is 4. The third-order valence-corrected chi connectivity index (χ3v) is 4.87. The van der Waals surface area contributed by atoms with Gasteiger partial charge in [-0.15, -0.1) is 11.6 Å². The second-order valence-corrected chi connectivity index (χ2v) is 6.33. The van der Waals surface area contributed by atoms with Crippen molar-refractivity contribution in [3.63, 3.8) is 0 Å². The highest BCUT2D eigenvalue weighted by Crippen LogP contribution is 2.19. The van der Waals surface area contributed by atoms with Crippen LogP contribution in [0.1, 0.15) is 19.3 Å². The largest absolute Gasteiger partial charge is 0.352 e. The third kappa shape index (κ3) is 3.79. The van der Waals surface area contributed by atoms with Crippen LogP contribution in [0.2, 0.25) is 0 Å². The first-order valence-electron chi connectivity index (χ1n) is 5.28. The number of carbonyl (C=O) groups is 1. The Balaban J connectivity index is 2.49. The van der Waals surface area contributed by atoms with Crippen molar-refractivity contribution < 1.29 is 13.2 Å². The number of nitrogens with one attached hydrogen (secondary N) is 1. The van der Waals surface area contributed by atoms with Gasteiger partial charge in [-0.3, -0.25) is 4.79 Å². The Morgan fingerprint density at radius 1 is 1.38 bits per heavy atom. The van der Waals surface area contributed by atoms with Gasteiger partial charge >= 0.3 is 0 Å². The fraction of sp³-hybridized carbons (Fsp3) is 0.700. The van der Waals surface area contributed by atoms with Gasteiger partial charge in [0.25, 0.3) is 0 Å². The van der Waals surface area contributed by atoms with Crippen LogP contribution in [0, 0.1) is 0 Å². The van der Waals surface area contributed by atoms with Crippen LogP contribution in [0.5, 0.6) is 0 Å². The highest BCUT2D eigenvalue weighted by atomic mass is 35.5. The SMILES string of the molecule is O=C(NC/C=C/CCl)C1CCCCS1(=O)=O. The van der Waals surface area contributed by atoms with E-state index < -0.39 is 15.1 Å². The van der Waals surface area contributed by atoms with Gasteiger partial charge in [-0.05, 0) is 12.8 Å². The first kappa shape index (κ1) is 13.5. The van der Waals surface area contributed by atoms with Crippen LogP contribution in [0.4, 0.5) is 0 Å². The molecule has 1 aliphatic rings. The molecule has 0 radical (unpaired) electrons. The summed E-state index contributed by atoms with van der Waals surface area (Å²) in [6.07, 6.45) is 5.32. The molecule has 4 nitrogen and oxygen atoms in total. The predicted octanol–water partition coefficient (Wildman–Crippen LogP) is 0.865. The second kappa shape index (κ2) is 6.25. The van der Waals surface area contributed by atoms with E-state index in [0.717, 1.165) is 6.42 Å². The van der Waals surface area contributed by atoms with Crippen molar-refractivity contribution in [3.8, 4) is 0 Å². The van der Waals surface area contributed by atoms with Crippen molar-refractivity contribution in [2.75, 3.05) is 18.2 Å². The van der Waals surface area contributed by atoms with Gasteiger partial charge in [0, 0.05) is 12.4 Å².